The van der Waals surface area contributed by atoms with Gasteiger partial charge in [0.1, 0.15) is 5.82 Å². The summed E-state index contributed by atoms with van der Waals surface area (Å²) in [5.74, 6) is 0.549. The lowest BCUT2D eigenvalue weighted by Gasteiger charge is -2.23. The van der Waals surface area contributed by atoms with Crippen LogP contribution in [0.15, 0.2) is 29.3 Å². The highest BCUT2D eigenvalue weighted by Crippen LogP contribution is 2.19. The quantitative estimate of drug-likeness (QED) is 0.316. The number of guanidine groups is 1. The van der Waals surface area contributed by atoms with Gasteiger partial charge in [0.2, 0.25) is 0 Å². The van der Waals surface area contributed by atoms with Crippen LogP contribution in [0, 0.1) is 19.7 Å². The topological polar surface area (TPSA) is 52.6 Å². The van der Waals surface area contributed by atoms with Crippen molar-refractivity contribution in [2.24, 2.45) is 4.99 Å². The number of benzene rings is 1. The van der Waals surface area contributed by atoms with Crippen molar-refractivity contribution in [3.63, 3.8) is 0 Å². The van der Waals surface area contributed by atoms with Gasteiger partial charge in [0.15, 0.2) is 5.96 Å². The van der Waals surface area contributed by atoms with Crippen molar-refractivity contribution in [3.05, 3.63) is 51.2 Å². The summed E-state index contributed by atoms with van der Waals surface area (Å²) < 4.78 is 13.6. The first-order valence-electron chi connectivity index (χ1n) is 9.27. The van der Waals surface area contributed by atoms with Gasteiger partial charge in [-0.05, 0) is 52.6 Å². The highest BCUT2D eigenvalue weighted by Gasteiger charge is 2.14. The Labute approximate surface area is 188 Å². The zero-order chi connectivity index (χ0) is 19.8. The van der Waals surface area contributed by atoms with Gasteiger partial charge in [-0.2, -0.15) is 0 Å². The molecule has 0 fully saturated rings. The summed E-state index contributed by atoms with van der Waals surface area (Å²) >= 11 is 1.75. The number of nitrogens with one attached hydrogen (secondary N) is 2. The molecule has 8 heteroatoms. The van der Waals surface area contributed by atoms with Crippen molar-refractivity contribution in [3.8, 4) is 0 Å². The zero-order valence-electron chi connectivity index (χ0n) is 17.3. The predicted molar refractivity (Wildman–Crippen MR) is 128 cm³/mol. The van der Waals surface area contributed by atoms with E-state index in [1.165, 1.54) is 10.9 Å². The molecule has 1 atom stereocenters. The maximum absolute atomic E-state index is 13.6. The van der Waals surface area contributed by atoms with Gasteiger partial charge in [0, 0.05) is 24.4 Å². The van der Waals surface area contributed by atoms with Gasteiger partial charge in [-0.1, -0.05) is 12.1 Å². The number of nitrogens with zero attached hydrogens (tertiary/aromatic N) is 3. The van der Waals surface area contributed by atoms with Crippen molar-refractivity contribution < 1.29 is 4.39 Å². The Kier molecular flexibility index (Phi) is 10.9. The summed E-state index contributed by atoms with van der Waals surface area (Å²) in [6.45, 7) is 8.28. The van der Waals surface area contributed by atoms with Crippen LogP contribution in [0.25, 0.3) is 0 Å². The minimum absolute atomic E-state index is 0. The number of thiazole rings is 1. The number of aryl methyl sites for hydroxylation is 2. The van der Waals surface area contributed by atoms with Crippen LogP contribution in [0.5, 0.6) is 0 Å². The van der Waals surface area contributed by atoms with E-state index in [9.17, 15) is 4.39 Å². The molecule has 1 aromatic heterocycles. The molecule has 0 aliphatic heterocycles. The third-order valence-electron chi connectivity index (χ3n) is 4.33. The van der Waals surface area contributed by atoms with Crippen LogP contribution in [0.1, 0.15) is 34.1 Å². The van der Waals surface area contributed by atoms with E-state index < -0.39 is 0 Å². The van der Waals surface area contributed by atoms with Crippen LogP contribution in [0.4, 0.5) is 4.39 Å². The first kappa shape index (κ1) is 24.8. The number of aliphatic imine (C=N–C) groups is 1. The summed E-state index contributed by atoms with van der Waals surface area (Å²) in [5.41, 5.74) is 2.04. The summed E-state index contributed by atoms with van der Waals surface area (Å²) in [6, 6.07) is 6.74. The molecule has 0 saturated carbocycles. The molecule has 156 valence electrons. The largest absolute Gasteiger partial charge is 0.357 e. The maximum atomic E-state index is 13.6. The van der Waals surface area contributed by atoms with Gasteiger partial charge in [-0.15, -0.1) is 35.3 Å². The monoisotopic (exact) mass is 519 g/mol. The Hall–Kier alpha value is -1.26. The average Bonchev–Trinajstić information content (AvgIpc) is 2.92. The normalized spacial score (nSPS) is 12.6. The lowest BCUT2D eigenvalue weighted by molar-refractivity contribution is 0.305. The standard InChI is InChI=1S/C20H30FN5S.HI/c1-6-22-20(23-11-10-19-25-14(2)15(3)27-19)24-13-18(26(4)5)16-8-7-9-17(21)12-16;/h7-9,12,18H,6,10-11,13H2,1-5H3,(H2,22,23,24);1H. The van der Waals surface area contributed by atoms with Crippen LogP contribution in [0.2, 0.25) is 0 Å². The predicted octanol–water partition coefficient (Wildman–Crippen LogP) is 3.92. The molecule has 0 bridgehead atoms. The number of hydrogen-bond acceptors (Lipinski definition) is 4. The fraction of sp³-hybridized carbons (Fsp3) is 0.500. The minimum atomic E-state index is -0.220. The first-order chi connectivity index (χ1) is 12.9. The van der Waals surface area contributed by atoms with Crippen LogP contribution in [-0.4, -0.2) is 49.6 Å². The molecule has 0 amide bonds. The van der Waals surface area contributed by atoms with Crippen LogP contribution in [-0.2, 0) is 6.42 Å². The van der Waals surface area contributed by atoms with Gasteiger partial charge >= 0.3 is 0 Å². The Bertz CT molecular complexity index is 743. The second-order valence-electron chi connectivity index (χ2n) is 6.68. The second-order valence-corrected chi connectivity index (χ2v) is 7.97. The van der Waals surface area contributed by atoms with E-state index >= 15 is 0 Å². The summed E-state index contributed by atoms with van der Waals surface area (Å²) in [7, 11) is 3.97. The van der Waals surface area contributed by atoms with Gasteiger partial charge in [-0.3, -0.25) is 4.99 Å². The van der Waals surface area contributed by atoms with Crippen molar-refractivity contribution in [2.75, 3.05) is 33.7 Å². The molecule has 0 saturated heterocycles. The highest BCUT2D eigenvalue weighted by atomic mass is 127. The molecule has 0 spiro atoms. The third kappa shape index (κ3) is 7.63. The minimum Gasteiger partial charge on any atom is -0.357 e. The molecule has 5 nitrogen and oxygen atoms in total. The molecule has 0 radical (unpaired) electrons. The Morgan fingerprint density at radius 2 is 2.04 bits per heavy atom. The molecular formula is C20H31FIN5S. The molecular weight excluding hydrogens is 488 g/mol. The zero-order valence-corrected chi connectivity index (χ0v) is 20.4. The lowest BCUT2D eigenvalue weighted by Crippen LogP contribution is -2.39. The fourth-order valence-electron chi connectivity index (χ4n) is 2.73. The fourth-order valence-corrected chi connectivity index (χ4v) is 3.67. The Morgan fingerprint density at radius 1 is 1.29 bits per heavy atom. The van der Waals surface area contributed by atoms with E-state index in [0.29, 0.717) is 6.54 Å². The van der Waals surface area contributed by atoms with E-state index in [1.807, 2.05) is 34.0 Å². The third-order valence-corrected chi connectivity index (χ3v) is 5.46. The molecule has 2 aromatic rings. The summed E-state index contributed by atoms with van der Waals surface area (Å²) in [6.07, 6.45) is 0.866. The van der Waals surface area contributed by atoms with E-state index in [2.05, 4.69) is 27.4 Å². The van der Waals surface area contributed by atoms with Crippen LogP contribution < -0.4 is 10.6 Å². The number of likely N-dealkylation sites (N-methyl/N-ethyl adjacent to an activating group) is 1. The van der Waals surface area contributed by atoms with Crippen molar-refractivity contribution in [2.45, 2.75) is 33.2 Å². The molecule has 28 heavy (non-hydrogen) atoms. The van der Waals surface area contributed by atoms with Gasteiger partial charge in [-0.25, -0.2) is 9.37 Å². The smallest absolute Gasteiger partial charge is 0.191 e. The van der Waals surface area contributed by atoms with Crippen molar-refractivity contribution in [1.82, 2.24) is 20.5 Å². The maximum Gasteiger partial charge on any atom is 0.191 e. The van der Waals surface area contributed by atoms with Gasteiger partial charge in [0.05, 0.1) is 23.3 Å². The average molecular weight is 519 g/mol. The number of rotatable bonds is 8. The van der Waals surface area contributed by atoms with Gasteiger partial charge in [0.25, 0.3) is 0 Å². The Balaban J connectivity index is 0.00000392. The van der Waals surface area contributed by atoms with E-state index in [0.717, 1.165) is 41.7 Å². The molecule has 1 unspecified atom stereocenters. The number of aromatic nitrogens is 1. The van der Waals surface area contributed by atoms with E-state index in [1.54, 1.807) is 23.5 Å². The molecule has 0 aliphatic rings. The second kappa shape index (κ2) is 12.3. The summed E-state index contributed by atoms with van der Waals surface area (Å²) in [5, 5.41) is 7.78. The van der Waals surface area contributed by atoms with E-state index in [-0.39, 0.29) is 35.8 Å². The van der Waals surface area contributed by atoms with Gasteiger partial charge < -0.3 is 15.5 Å². The van der Waals surface area contributed by atoms with Crippen molar-refractivity contribution in [1.29, 1.82) is 0 Å². The SMILES string of the molecule is CCNC(=NCC(c1cccc(F)c1)N(C)C)NCCc1nc(C)c(C)s1.I. The molecule has 1 heterocycles. The van der Waals surface area contributed by atoms with E-state index in [4.69, 9.17) is 4.99 Å². The van der Waals surface area contributed by atoms with Crippen LogP contribution >= 0.6 is 35.3 Å². The molecule has 2 rings (SSSR count). The Morgan fingerprint density at radius 3 is 2.61 bits per heavy atom. The summed E-state index contributed by atoms with van der Waals surface area (Å²) in [4.78, 5) is 12.6. The molecule has 2 N–H and O–H groups in total. The van der Waals surface area contributed by atoms with Crippen molar-refractivity contribution >= 4 is 41.3 Å². The van der Waals surface area contributed by atoms with Crippen LogP contribution in [0.3, 0.4) is 0 Å². The molecule has 0 aliphatic carbocycles. The first-order valence-corrected chi connectivity index (χ1v) is 10.1. The number of hydrogen-bond donors (Lipinski definition) is 2. The highest BCUT2D eigenvalue weighted by molar-refractivity contribution is 14.0. The lowest BCUT2D eigenvalue weighted by atomic mass is 10.1. The number of halogens is 2. The molecule has 1 aromatic carbocycles.